The molecule has 0 saturated carbocycles. The van der Waals surface area contributed by atoms with Gasteiger partial charge < -0.3 is 19.7 Å². The Morgan fingerprint density at radius 2 is 2.00 bits per heavy atom. The van der Waals surface area contributed by atoms with Crippen LogP contribution in [0.4, 0.5) is 0 Å². The topological polar surface area (TPSA) is 99.9 Å². The summed E-state index contributed by atoms with van der Waals surface area (Å²) in [7, 11) is 1.42. The summed E-state index contributed by atoms with van der Waals surface area (Å²) in [6.07, 6.45) is 0. The van der Waals surface area contributed by atoms with Crippen molar-refractivity contribution >= 4 is 33.7 Å². The molecule has 0 fully saturated rings. The molecule has 110 valence electrons. The number of furan rings is 1. The number of likely N-dealkylation sites (N-methyl/N-ethyl adjacent to an activating group) is 1. The number of aliphatic carboxylic acids is 1. The number of amides is 2. The zero-order valence-corrected chi connectivity index (χ0v) is 12.9. The predicted molar refractivity (Wildman–Crippen MR) is 73.2 cm³/mol. The number of carbonyl (C=O) groups excluding carboxylic acids is 2. The van der Waals surface area contributed by atoms with Crippen LogP contribution in [-0.2, 0) is 9.59 Å². The van der Waals surface area contributed by atoms with E-state index in [4.69, 9.17) is 9.52 Å². The minimum absolute atomic E-state index is 0.0877. The predicted octanol–water partition coefficient (Wildman–Crippen LogP) is 1.09. The van der Waals surface area contributed by atoms with Gasteiger partial charge in [0.15, 0.2) is 10.4 Å². The lowest BCUT2D eigenvalue weighted by Crippen LogP contribution is -2.52. The quantitative estimate of drug-likeness (QED) is 0.831. The molecular formula is C12H15BrN2O5. The molecule has 0 radical (unpaired) electrons. The van der Waals surface area contributed by atoms with Crippen molar-refractivity contribution in [2.75, 3.05) is 13.6 Å². The van der Waals surface area contributed by atoms with Crippen LogP contribution in [0.5, 0.6) is 0 Å². The summed E-state index contributed by atoms with van der Waals surface area (Å²) in [4.78, 5) is 35.6. The lowest BCUT2D eigenvalue weighted by molar-refractivity contribution is -0.146. The largest absolute Gasteiger partial charge is 0.480 e. The second-order valence-corrected chi connectivity index (χ2v) is 5.52. The van der Waals surface area contributed by atoms with Gasteiger partial charge in [-0.1, -0.05) is 0 Å². The van der Waals surface area contributed by atoms with Gasteiger partial charge in [0.25, 0.3) is 5.91 Å². The van der Waals surface area contributed by atoms with Gasteiger partial charge in [0.1, 0.15) is 5.54 Å². The number of nitrogens with zero attached hydrogens (tertiary/aromatic N) is 1. The van der Waals surface area contributed by atoms with E-state index in [1.807, 2.05) is 0 Å². The summed E-state index contributed by atoms with van der Waals surface area (Å²) in [5.41, 5.74) is -1.39. The monoisotopic (exact) mass is 346 g/mol. The number of nitrogens with one attached hydrogen (secondary N) is 1. The first-order valence-corrected chi connectivity index (χ1v) is 6.48. The van der Waals surface area contributed by atoms with Crippen molar-refractivity contribution < 1.29 is 23.9 Å². The molecule has 20 heavy (non-hydrogen) atoms. The summed E-state index contributed by atoms with van der Waals surface area (Å²) < 4.78 is 5.49. The standard InChI is InChI=1S/C12H15BrN2O5/c1-12(2,11(18)19)14-9(16)6-15(3)10(17)7-4-5-8(13)20-7/h4-5H,6H2,1-3H3,(H,14,16)(H,18,19). The molecule has 7 nitrogen and oxygen atoms in total. The second kappa shape index (κ2) is 6.08. The average Bonchev–Trinajstić information content (AvgIpc) is 2.73. The number of hydrogen-bond donors (Lipinski definition) is 2. The third-order valence-corrected chi connectivity index (χ3v) is 2.92. The smallest absolute Gasteiger partial charge is 0.328 e. The minimum Gasteiger partial charge on any atom is -0.480 e. The molecule has 0 bridgehead atoms. The lowest BCUT2D eigenvalue weighted by Gasteiger charge is -2.23. The number of hydrogen-bond acceptors (Lipinski definition) is 4. The molecule has 0 aromatic carbocycles. The summed E-state index contributed by atoms with van der Waals surface area (Å²) in [6, 6.07) is 3.04. The van der Waals surface area contributed by atoms with E-state index in [9.17, 15) is 14.4 Å². The molecule has 0 atom stereocenters. The molecule has 0 unspecified atom stereocenters. The number of halogens is 1. The highest BCUT2D eigenvalue weighted by Crippen LogP contribution is 2.15. The van der Waals surface area contributed by atoms with Crippen LogP contribution in [0, 0.1) is 0 Å². The van der Waals surface area contributed by atoms with Gasteiger partial charge in [-0.2, -0.15) is 0 Å². The Kier molecular flexibility index (Phi) is 4.93. The molecule has 0 aliphatic carbocycles. The van der Waals surface area contributed by atoms with Gasteiger partial charge in [-0.15, -0.1) is 0 Å². The molecule has 2 N–H and O–H groups in total. The van der Waals surface area contributed by atoms with Crippen molar-refractivity contribution in [2.45, 2.75) is 19.4 Å². The number of rotatable bonds is 5. The third kappa shape index (κ3) is 4.09. The summed E-state index contributed by atoms with van der Waals surface area (Å²) >= 11 is 3.07. The van der Waals surface area contributed by atoms with Gasteiger partial charge in [0.2, 0.25) is 5.91 Å². The number of carbonyl (C=O) groups is 3. The highest BCUT2D eigenvalue weighted by Gasteiger charge is 2.29. The molecule has 0 aliphatic heterocycles. The van der Waals surface area contributed by atoms with Gasteiger partial charge in [-0.3, -0.25) is 9.59 Å². The second-order valence-electron chi connectivity index (χ2n) is 4.74. The molecule has 0 spiro atoms. The maximum Gasteiger partial charge on any atom is 0.328 e. The molecule has 2 amide bonds. The first kappa shape index (κ1) is 16.2. The molecule has 0 aliphatic rings. The summed E-state index contributed by atoms with van der Waals surface area (Å²) in [6.45, 7) is 2.45. The van der Waals surface area contributed by atoms with Crippen molar-refractivity contribution in [1.29, 1.82) is 0 Å². The van der Waals surface area contributed by atoms with E-state index >= 15 is 0 Å². The van der Waals surface area contributed by atoms with Gasteiger partial charge in [-0.05, 0) is 41.9 Å². The molecule has 1 aromatic heterocycles. The molecule has 0 saturated heterocycles. The number of carboxylic acid groups (broad SMARTS) is 1. The summed E-state index contributed by atoms with van der Waals surface area (Å²) in [5, 5.41) is 11.2. The Balaban J connectivity index is 2.62. The fourth-order valence-electron chi connectivity index (χ4n) is 1.35. The first-order chi connectivity index (χ1) is 9.13. The van der Waals surface area contributed by atoms with E-state index in [2.05, 4.69) is 21.2 Å². The van der Waals surface area contributed by atoms with Gasteiger partial charge >= 0.3 is 5.97 Å². The molecule has 1 aromatic rings. The Hall–Kier alpha value is -1.83. The first-order valence-electron chi connectivity index (χ1n) is 5.68. The Labute approximate surface area is 124 Å². The van der Waals surface area contributed by atoms with Crippen molar-refractivity contribution in [3.8, 4) is 0 Å². The fourth-order valence-corrected chi connectivity index (χ4v) is 1.65. The van der Waals surface area contributed by atoms with Crippen LogP contribution in [-0.4, -0.2) is 46.9 Å². The highest BCUT2D eigenvalue weighted by molar-refractivity contribution is 9.10. The Morgan fingerprint density at radius 1 is 1.40 bits per heavy atom. The van der Waals surface area contributed by atoms with Crippen molar-refractivity contribution in [1.82, 2.24) is 10.2 Å². The van der Waals surface area contributed by atoms with Crippen LogP contribution in [0.1, 0.15) is 24.4 Å². The van der Waals surface area contributed by atoms with Crippen molar-refractivity contribution in [3.63, 3.8) is 0 Å². The van der Waals surface area contributed by atoms with E-state index < -0.39 is 23.3 Å². The zero-order valence-electron chi connectivity index (χ0n) is 11.3. The van der Waals surface area contributed by atoms with Gasteiger partial charge in [-0.25, -0.2) is 4.79 Å². The fraction of sp³-hybridized carbons (Fsp3) is 0.417. The van der Waals surface area contributed by atoms with E-state index in [1.54, 1.807) is 6.07 Å². The van der Waals surface area contributed by atoms with Crippen LogP contribution in [0.2, 0.25) is 0 Å². The highest BCUT2D eigenvalue weighted by atomic mass is 79.9. The summed E-state index contributed by atoms with van der Waals surface area (Å²) in [5.74, 6) is -2.11. The minimum atomic E-state index is -1.39. The molecule has 8 heteroatoms. The third-order valence-electron chi connectivity index (χ3n) is 2.50. The average molecular weight is 347 g/mol. The molecule has 1 rings (SSSR count). The Morgan fingerprint density at radius 3 is 2.45 bits per heavy atom. The van der Waals surface area contributed by atoms with E-state index in [1.165, 1.54) is 27.0 Å². The van der Waals surface area contributed by atoms with Crippen LogP contribution in [0.3, 0.4) is 0 Å². The van der Waals surface area contributed by atoms with Crippen molar-refractivity contribution in [2.24, 2.45) is 0 Å². The maximum absolute atomic E-state index is 11.9. The molecule has 1 heterocycles. The van der Waals surface area contributed by atoms with E-state index in [0.29, 0.717) is 4.67 Å². The van der Waals surface area contributed by atoms with Crippen LogP contribution in [0.15, 0.2) is 21.2 Å². The van der Waals surface area contributed by atoms with Gasteiger partial charge in [0, 0.05) is 7.05 Å². The maximum atomic E-state index is 11.9. The van der Waals surface area contributed by atoms with Crippen LogP contribution in [0.25, 0.3) is 0 Å². The lowest BCUT2D eigenvalue weighted by atomic mass is 10.1. The number of carboxylic acids is 1. The van der Waals surface area contributed by atoms with Gasteiger partial charge in [0.05, 0.1) is 6.54 Å². The Bertz CT molecular complexity index is 538. The van der Waals surface area contributed by atoms with E-state index in [-0.39, 0.29) is 12.3 Å². The zero-order chi connectivity index (χ0) is 15.5. The molecular weight excluding hydrogens is 332 g/mol. The SMILES string of the molecule is CN(CC(=O)NC(C)(C)C(=O)O)C(=O)c1ccc(Br)o1. The van der Waals surface area contributed by atoms with Crippen molar-refractivity contribution in [3.05, 3.63) is 22.6 Å². The van der Waals surface area contributed by atoms with E-state index in [0.717, 1.165) is 4.90 Å². The normalized spacial score (nSPS) is 11.0. The van der Waals surface area contributed by atoms with Crippen LogP contribution < -0.4 is 5.32 Å². The van der Waals surface area contributed by atoms with Crippen LogP contribution >= 0.6 is 15.9 Å².